The number of piperidine rings is 2. The summed E-state index contributed by atoms with van der Waals surface area (Å²) < 4.78 is 22.6. The van der Waals surface area contributed by atoms with Crippen molar-refractivity contribution in [3.63, 3.8) is 0 Å². The van der Waals surface area contributed by atoms with Gasteiger partial charge in [0.2, 0.25) is 0 Å². The fourth-order valence-corrected chi connectivity index (χ4v) is 5.10. The summed E-state index contributed by atoms with van der Waals surface area (Å²) in [5.74, 6) is 0.930. The molecule has 0 amide bonds. The van der Waals surface area contributed by atoms with Gasteiger partial charge < -0.3 is 0 Å². The molecule has 2 fully saturated rings. The molecule has 2 aliphatic heterocycles. The summed E-state index contributed by atoms with van der Waals surface area (Å²) in [5.41, 5.74) is 2.72. The van der Waals surface area contributed by atoms with Crippen LogP contribution in [-0.2, 0) is 26.7 Å². The number of likely N-dealkylation sites (tertiary alicyclic amines) is 2. The molecule has 0 bridgehead atoms. The van der Waals surface area contributed by atoms with Gasteiger partial charge >= 0.3 is 8.25 Å². The molecule has 5 nitrogen and oxygen atoms in total. The van der Waals surface area contributed by atoms with Crippen LogP contribution in [0.2, 0.25) is 0 Å². The van der Waals surface area contributed by atoms with E-state index >= 15 is 0 Å². The molecule has 34 heavy (non-hydrogen) atoms. The van der Waals surface area contributed by atoms with Crippen LogP contribution in [0, 0.1) is 11.8 Å². The van der Waals surface area contributed by atoms with Crippen molar-refractivity contribution in [3.8, 4) is 0 Å². The molecule has 4 rings (SSSR count). The summed E-state index contributed by atoms with van der Waals surface area (Å²) in [7, 11) is -2.16. The zero-order valence-electron chi connectivity index (χ0n) is 19.9. The second-order valence-corrected chi connectivity index (χ2v) is 10.2. The third-order valence-corrected chi connectivity index (χ3v) is 7.35. The molecule has 180 valence electrons. The van der Waals surface area contributed by atoms with Crippen LogP contribution < -0.4 is 0 Å². The van der Waals surface area contributed by atoms with Crippen LogP contribution in [-0.4, -0.2) is 36.0 Å². The molecular formula is C28H36N2O3P+. The summed E-state index contributed by atoms with van der Waals surface area (Å²) in [6.45, 7) is 6.29. The minimum Gasteiger partial charge on any atom is -0.299 e. The van der Waals surface area contributed by atoms with Gasteiger partial charge in [0.15, 0.2) is 12.5 Å². The maximum atomic E-state index is 12.0. The first-order valence-corrected chi connectivity index (χ1v) is 13.5. The van der Waals surface area contributed by atoms with Crippen LogP contribution in [0.25, 0.3) is 0 Å². The van der Waals surface area contributed by atoms with Crippen molar-refractivity contribution in [3.05, 3.63) is 96.5 Å². The lowest BCUT2D eigenvalue weighted by Crippen LogP contribution is -2.32. The van der Waals surface area contributed by atoms with Crippen molar-refractivity contribution >= 4 is 8.25 Å². The standard InChI is InChI=1S/C28H36N2O3P/c31-34(32-21-15-25-11-17-29(18-12-25)23-27-7-3-1-4-8-27)33-22-16-26-13-19-30(20-14-26)24-28-9-5-2-6-10-28/h1-10,15-16,21-22,25-26H,11-14,17-20,23-24H2/q+1/b21-15+,22-16+. The lowest BCUT2D eigenvalue weighted by Gasteiger charge is -2.30. The quantitative estimate of drug-likeness (QED) is 0.286. The Morgan fingerprint density at radius 1 is 0.676 bits per heavy atom. The van der Waals surface area contributed by atoms with Gasteiger partial charge in [-0.05, 0) is 87.0 Å². The van der Waals surface area contributed by atoms with E-state index in [-0.39, 0.29) is 0 Å². The fraction of sp³-hybridized carbons (Fsp3) is 0.429. The van der Waals surface area contributed by atoms with Gasteiger partial charge in [0.1, 0.15) is 0 Å². The van der Waals surface area contributed by atoms with Crippen LogP contribution in [0.15, 0.2) is 85.3 Å². The van der Waals surface area contributed by atoms with Gasteiger partial charge in [-0.25, -0.2) is 9.05 Å². The first-order valence-electron chi connectivity index (χ1n) is 12.4. The van der Waals surface area contributed by atoms with Crippen LogP contribution >= 0.6 is 8.25 Å². The highest BCUT2D eigenvalue weighted by Gasteiger charge is 2.22. The van der Waals surface area contributed by atoms with Gasteiger partial charge in [0.25, 0.3) is 0 Å². The van der Waals surface area contributed by atoms with E-state index in [4.69, 9.17) is 9.05 Å². The predicted molar refractivity (Wildman–Crippen MR) is 137 cm³/mol. The topological polar surface area (TPSA) is 42.0 Å². The number of rotatable bonds is 10. The summed E-state index contributed by atoms with van der Waals surface area (Å²) in [6, 6.07) is 21.2. The number of allylic oxidation sites excluding steroid dienone is 2. The minimum atomic E-state index is -2.16. The highest BCUT2D eigenvalue weighted by molar-refractivity contribution is 7.33. The Kier molecular flexibility index (Phi) is 9.74. The molecule has 0 radical (unpaired) electrons. The van der Waals surface area contributed by atoms with E-state index < -0.39 is 8.25 Å². The smallest absolute Gasteiger partial charge is 0.299 e. The molecule has 6 heteroatoms. The zero-order valence-corrected chi connectivity index (χ0v) is 20.8. The Hall–Kier alpha value is -2.46. The van der Waals surface area contributed by atoms with Crippen LogP contribution in [0.4, 0.5) is 0 Å². The SMILES string of the molecule is O=[P+](O/C=C/C1CCN(Cc2ccccc2)CC1)O/C=C/C1CCN(Cc2ccccc2)CC1. The van der Waals surface area contributed by atoms with Crippen molar-refractivity contribution in [2.24, 2.45) is 11.8 Å². The second-order valence-electron chi connectivity index (χ2n) is 9.29. The lowest BCUT2D eigenvalue weighted by molar-refractivity contribution is 0.194. The molecule has 0 aromatic heterocycles. The molecule has 0 spiro atoms. The maximum absolute atomic E-state index is 12.0. The molecule has 0 unspecified atom stereocenters. The highest BCUT2D eigenvalue weighted by atomic mass is 31.1. The normalized spacial score (nSPS) is 19.1. The van der Waals surface area contributed by atoms with E-state index in [0.29, 0.717) is 11.8 Å². The molecule has 0 atom stereocenters. The van der Waals surface area contributed by atoms with Crippen LogP contribution in [0.5, 0.6) is 0 Å². The van der Waals surface area contributed by atoms with Crippen LogP contribution in [0.1, 0.15) is 36.8 Å². The predicted octanol–water partition coefficient (Wildman–Crippen LogP) is 6.53. The van der Waals surface area contributed by atoms with Crippen molar-refractivity contribution in [1.82, 2.24) is 9.80 Å². The first kappa shape index (κ1) is 24.7. The number of hydrogen-bond donors (Lipinski definition) is 0. The van der Waals surface area contributed by atoms with E-state index in [2.05, 4.69) is 70.5 Å². The van der Waals surface area contributed by atoms with Gasteiger partial charge in [-0.2, -0.15) is 0 Å². The molecule has 2 saturated heterocycles. The molecule has 2 heterocycles. The van der Waals surface area contributed by atoms with Crippen molar-refractivity contribution in [2.45, 2.75) is 38.8 Å². The van der Waals surface area contributed by atoms with Crippen LogP contribution in [0.3, 0.4) is 0 Å². The highest BCUT2D eigenvalue weighted by Crippen LogP contribution is 2.27. The monoisotopic (exact) mass is 479 g/mol. The number of nitrogens with zero attached hydrogens (tertiary/aromatic N) is 2. The molecule has 2 aromatic rings. The van der Waals surface area contributed by atoms with E-state index in [1.165, 1.54) is 11.1 Å². The largest absolute Gasteiger partial charge is 0.804 e. The number of hydrogen-bond acceptors (Lipinski definition) is 5. The Morgan fingerprint density at radius 2 is 1.06 bits per heavy atom. The van der Waals surface area contributed by atoms with Gasteiger partial charge in [0.05, 0.1) is 0 Å². The number of benzene rings is 2. The third-order valence-electron chi connectivity index (χ3n) is 6.76. The fourth-order valence-electron chi connectivity index (χ4n) is 4.71. The van der Waals surface area contributed by atoms with E-state index in [1.807, 2.05) is 12.2 Å². The Balaban J connectivity index is 1.07. The Morgan fingerprint density at radius 3 is 1.44 bits per heavy atom. The molecule has 2 aliphatic rings. The molecule has 0 N–H and O–H groups in total. The molecule has 2 aromatic carbocycles. The summed E-state index contributed by atoms with van der Waals surface area (Å²) >= 11 is 0. The van der Waals surface area contributed by atoms with E-state index in [9.17, 15) is 4.57 Å². The van der Waals surface area contributed by atoms with Gasteiger partial charge in [0, 0.05) is 17.7 Å². The molecule has 0 saturated carbocycles. The van der Waals surface area contributed by atoms with Crippen molar-refractivity contribution in [1.29, 1.82) is 0 Å². The Bertz CT molecular complexity index is 844. The average Bonchev–Trinajstić information content (AvgIpc) is 2.87. The summed E-state index contributed by atoms with van der Waals surface area (Å²) in [6.07, 6.45) is 11.5. The minimum absolute atomic E-state index is 0.465. The van der Waals surface area contributed by atoms with Crippen molar-refractivity contribution in [2.75, 3.05) is 26.2 Å². The average molecular weight is 480 g/mol. The zero-order chi connectivity index (χ0) is 23.4. The van der Waals surface area contributed by atoms with E-state index in [1.54, 1.807) is 12.5 Å². The lowest BCUT2D eigenvalue weighted by atomic mass is 9.96. The summed E-state index contributed by atoms with van der Waals surface area (Å²) in [4.78, 5) is 4.97. The third kappa shape index (κ3) is 8.39. The van der Waals surface area contributed by atoms with E-state index in [0.717, 1.165) is 65.0 Å². The molecular weight excluding hydrogens is 443 g/mol. The van der Waals surface area contributed by atoms with Crippen molar-refractivity contribution < 1.29 is 13.6 Å². The Labute approximate surface area is 205 Å². The first-order chi connectivity index (χ1) is 16.7. The summed E-state index contributed by atoms with van der Waals surface area (Å²) in [5, 5.41) is 0. The van der Waals surface area contributed by atoms with Gasteiger partial charge in [-0.15, -0.1) is 0 Å². The molecule has 0 aliphatic carbocycles. The second kappa shape index (κ2) is 13.4. The van der Waals surface area contributed by atoms with Gasteiger partial charge in [-0.3, -0.25) is 9.80 Å². The van der Waals surface area contributed by atoms with Gasteiger partial charge in [-0.1, -0.05) is 60.7 Å². The maximum Gasteiger partial charge on any atom is 0.804 e.